The van der Waals surface area contributed by atoms with Crippen molar-refractivity contribution < 1.29 is 4.79 Å². The van der Waals surface area contributed by atoms with Crippen molar-refractivity contribution in [3.63, 3.8) is 0 Å². The van der Waals surface area contributed by atoms with Crippen LogP contribution in [0.4, 0.5) is 0 Å². The molecule has 2 fully saturated rings. The van der Waals surface area contributed by atoms with Gasteiger partial charge in [0, 0.05) is 37.8 Å². The van der Waals surface area contributed by atoms with Gasteiger partial charge in [0.05, 0.1) is 0 Å². The van der Waals surface area contributed by atoms with E-state index >= 15 is 0 Å². The second-order valence-electron chi connectivity index (χ2n) is 5.43. The normalized spacial score (nSPS) is 21.1. The molecule has 1 heterocycles. The molecule has 0 bridgehead atoms. The van der Waals surface area contributed by atoms with Gasteiger partial charge in [-0.05, 0) is 31.9 Å². The molecule has 1 aliphatic heterocycles. The Morgan fingerprint density at radius 1 is 1.17 bits per heavy atom. The highest BCUT2D eigenvalue weighted by molar-refractivity contribution is 5.94. The summed E-state index contributed by atoms with van der Waals surface area (Å²) in [6, 6.07) is 8.71. The lowest BCUT2D eigenvalue weighted by Crippen LogP contribution is -2.49. The molecule has 3 rings (SSSR count). The minimum Gasteiger partial charge on any atom is -0.336 e. The Morgan fingerprint density at radius 3 is 2.50 bits per heavy atom. The van der Waals surface area contributed by atoms with E-state index in [0.717, 1.165) is 43.3 Å². The molecule has 1 aromatic rings. The van der Waals surface area contributed by atoms with E-state index in [4.69, 9.17) is 0 Å². The summed E-state index contributed by atoms with van der Waals surface area (Å²) < 4.78 is 0. The first-order valence-corrected chi connectivity index (χ1v) is 6.84. The fourth-order valence-electron chi connectivity index (χ4n) is 2.69. The highest BCUT2D eigenvalue weighted by Crippen LogP contribution is 2.27. The zero-order chi connectivity index (χ0) is 12.5. The summed E-state index contributed by atoms with van der Waals surface area (Å²) in [5.74, 6) is 0.189. The minimum atomic E-state index is 0.189. The van der Waals surface area contributed by atoms with Crippen molar-refractivity contribution in [3.8, 4) is 0 Å². The van der Waals surface area contributed by atoms with E-state index in [1.54, 1.807) is 0 Å². The standard InChI is InChI=1S/C15H20N2O/c1-12-3-2-4-13(11-12)15(18)17-9-7-16(8-10-17)14-5-6-14/h2-4,11,14H,5-10H2,1H3. The van der Waals surface area contributed by atoms with Crippen LogP contribution in [0.1, 0.15) is 28.8 Å². The van der Waals surface area contributed by atoms with Crippen LogP contribution in [-0.2, 0) is 0 Å². The van der Waals surface area contributed by atoms with E-state index in [1.807, 2.05) is 36.1 Å². The molecule has 1 saturated carbocycles. The van der Waals surface area contributed by atoms with Crippen molar-refractivity contribution in [2.75, 3.05) is 26.2 Å². The molecule has 0 atom stereocenters. The molecule has 0 radical (unpaired) electrons. The van der Waals surface area contributed by atoms with Gasteiger partial charge in [-0.2, -0.15) is 0 Å². The van der Waals surface area contributed by atoms with Crippen molar-refractivity contribution in [2.24, 2.45) is 0 Å². The fraction of sp³-hybridized carbons (Fsp3) is 0.533. The molecule has 18 heavy (non-hydrogen) atoms. The number of piperazine rings is 1. The molecule has 1 aliphatic carbocycles. The second-order valence-corrected chi connectivity index (χ2v) is 5.43. The van der Waals surface area contributed by atoms with Crippen molar-refractivity contribution in [1.29, 1.82) is 0 Å². The maximum Gasteiger partial charge on any atom is 0.253 e. The number of hydrogen-bond acceptors (Lipinski definition) is 2. The SMILES string of the molecule is Cc1cccc(C(=O)N2CCN(C3CC3)CC2)c1. The van der Waals surface area contributed by atoms with Crippen molar-refractivity contribution in [1.82, 2.24) is 9.80 Å². The molecular weight excluding hydrogens is 224 g/mol. The van der Waals surface area contributed by atoms with E-state index in [1.165, 1.54) is 12.8 Å². The topological polar surface area (TPSA) is 23.6 Å². The van der Waals surface area contributed by atoms with E-state index in [9.17, 15) is 4.79 Å². The van der Waals surface area contributed by atoms with Gasteiger partial charge in [-0.3, -0.25) is 9.69 Å². The molecule has 1 amide bonds. The van der Waals surface area contributed by atoms with Crippen molar-refractivity contribution in [3.05, 3.63) is 35.4 Å². The second kappa shape index (κ2) is 4.73. The lowest BCUT2D eigenvalue weighted by molar-refractivity contribution is 0.0627. The van der Waals surface area contributed by atoms with E-state index in [0.29, 0.717) is 0 Å². The zero-order valence-corrected chi connectivity index (χ0v) is 10.9. The monoisotopic (exact) mass is 244 g/mol. The number of rotatable bonds is 2. The molecule has 0 unspecified atom stereocenters. The first kappa shape index (κ1) is 11.7. The summed E-state index contributed by atoms with van der Waals surface area (Å²) in [6.45, 7) is 5.87. The molecule has 1 aromatic carbocycles. The number of aryl methyl sites for hydroxylation is 1. The number of nitrogens with zero attached hydrogens (tertiary/aromatic N) is 2. The molecule has 0 spiro atoms. The third kappa shape index (κ3) is 2.41. The van der Waals surface area contributed by atoms with Crippen molar-refractivity contribution >= 4 is 5.91 Å². The lowest BCUT2D eigenvalue weighted by Gasteiger charge is -2.34. The molecule has 96 valence electrons. The predicted molar refractivity (Wildman–Crippen MR) is 71.7 cm³/mol. The molecule has 3 heteroatoms. The van der Waals surface area contributed by atoms with Gasteiger partial charge in [0.2, 0.25) is 0 Å². The van der Waals surface area contributed by atoms with E-state index in [2.05, 4.69) is 4.90 Å². The summed E-state index contributed by atoms with van der Waals surface area (Å²) in [5, 5.41) is 0. The summed E-state index contributed by atoms with van der Waals surface area (Å²) in [7, 11) is 0. The molecule has 2 aliphatic rings. The first-order valence-electron chi connectivity index (χ1n) is 6.84. The maximum absolute atomic E-state index is 12.4. The van der Waals surface area contributed by atoms with Crippen LogP contribution in [0.15, 0.2) is 24.3 Å². The number of hydrogen-bond donors (Lipinski definition) is 0. The molecule has 1 saturated heterocycles. The smallest absolute Gasteiger partial charge is 0.253 e. The quantitative estimate of drug-likeness (QED) is 0.793. The van der Waals surface area contributed by atoms with Crippen LogP contribution in [0.2, 0.25) is 0 Å². The summed E-state index contributed by atoms with van der Waals surface area (Å²) in [5.41, 5.74) is 1.98. The van der Waals surface area contributed by atoms with Gasteiger partial charge < -0.3 is 4.90 Å². The number of amides is 1. The zero-order valence-electron chi connectivity index (χ0n) is 10.9. The Labute approximate surface area is 108 Å². The van der Waals surface area contributed by atoms with Crippen LogP contribution in [0.3, 0.4) is 0 Å². The Bertz CT molecular complexity index is 446. The Morgan fingerprint density at radius 2 is 1.89 bits per heavy atom. The predicted octanol–water partition coefficient (Wildman–Crippen LogP) is 1.92. The first-order chi connectivity index (χ1) is 8.74. The molecule has 3 nitrogen and oxygen atoms in total. The van der Waals surface area contributed by atoms with E-state index < -0.39 is 0 Å². The van der Waals surface area contributed by atoms with Gasteiger partial charge in [-0.15, -0.1) is 0 Å². The summed E-state index contributed by atoms with van der Waals surface area (Å²) in [4.78, 5) is 16.9. The molecule has 0 aromatic heterocycles. The van der Waals surface area contributed by atoms with Gasteiger partial charge in [0.25, 0.3) is 5.91 Å². The Hall–Kier alpha value is -1.35. The third-order valence-electron chi connectivity index (χ3n) is 3.93. The maximum atomic E-state index is 12.4. The highest BCUT2D eigenvalue weighted by Gasteiger charge is 2.32. The molecular formula is C15H20N2O. The van der Waals surface area contributed by atoms with Gasteiger partial charge >= 0.3 is 0 Å². The average Bonchev–Trinajstić information content (AvgIpc) is 3.22. The minimum absolute atomic E-state index is 0.189. The van der Waals surface area contributed by atoms with Gasteiger partial charge in [-0.1, -0.05) is 17.7 Å². The molecule has 0 N–H and O–H groups in total. The number of carbonyl (C=O) groups is 1. The van der Waals surface area contributed by atoms with Crippen LogP contribution in [-0.4, -0.2) is 47.9 Å². The van der Waals surface area contributed by atoms with Crippen molar-refractivity contribution in [2.45, 2.75) is 25.8 Å². The van der Waals surface area contributed by atoms with Gasteiger partial charge in [0.15, 0.2) is 0 Å². The van der Waals surface area contributed by atoms with Crippen LogP contribution < -0.4 is 0 Å². The number of benzene rings is 1. The summed E-state index contributed by atoms with van der Waals surface area (Å²) >= 11 is 0. The van der Waals surface area contributed by atoms with Gasteiger partial charge in [-0.25, -0.2) is 0 Å². The van der Waals surface area contributed by atoms with E-state index in [-0.39, 0.29) is 5.91 Å². The van der Waals surface area contributed by atoms with Crippen LogP contribution in [0.25, 0.3) is 0 Å². The third-order valence-corrected chi connectivity index (χ3v) is 3.93. The Kier molecular flexibility index (Phi) is 3.08. The number of carbonyl (C=O) groups excluding carboxylic acids is 1. The largest absolute Gasteiger partial charge is 0.336 e. The van der Waals surface area contributed by atoms with Gasteiger partial charge in [0.1, 0.15) is 0 Å². The van der Waals surface area contributed by atoms with Crippen LogP contribution in [0.5, 0.6) is 0 Å². The Balaban J connectivity index is 1.63. The van der Waals surface area contributed by atoms with Crippen LogP contribution >= 0.6 is 0 Å². The lowest BCUT2D eigenvalue weighted by atomic mass is 10.1. The highest BCUT2D eigenvalue weighted by atomic mass is 16.2. The fourth-order valence-corrected chi connectivity index (χ4v) is 2.69. The van der Waals surface area contributed by atoms with Crippen LogP contribution in [0, 0.1) is 6.92 Å². The summed E-state index contributed by atoms with van der Waals surface area (Å²) in [6.07, 6.45) is 2.71. The average molecular weight is 244 g/mol.